The Morgan fingerprint density at radius 3 is 2.53 bits per heavy atom. The smallest absolute Gasteiger partial charge is 0.179 e. The van der Waals surface area contributed by atoms with E-state index in [1.807, 2.05) is 6.07 Å². The highest BCUT2D eigenvalue weighted by Crippen LogP contribution is 2.23. The van der Waals surface area contributed by atoms with E-state index in [-0.39, 0.29) is 5.75 Å². The van der Waals surface area contributed by atoms with Gasteiger partial charge in [0.15, 0.2) is 9.84 Å². The van der Waals surface area contributed by atoms with Gasteiger partial charge in [-0.2, -0.15) is 0 Å². The molecular formula is C14H22BrNO2S. The Morgan fingerprint density at radius 1 is 1.26 bits per heavy atom. The van der Waals surface area contributed by atoms with Gasteiger partial charge in [-0.25, -0.2) is 8.42 Å². The van der Waals surface area contributed by atoms with Crippen LogP contribution in [0.5, 0.6) is 0 Å². The minimum Gasteiger partial charge on any atom is -0.314 e. The zero-order valence-corrected chi connectivity index (χ0v) is 13.9. The van der Waals surface area contributed by atoms with Gasteiger partial charge in [-0.3, -0.25) is 0 Å². The third kappa shape index (κ3) is 5.24. The normalized spacial score (nSPS) is 13.4. The second kappa shape index (κ2) is 8.02. The molecule has 0 aliphatic heterocycles. The van der Waals surface area contributed by atoms with E-state index >= 15 is 0 Å². The first kappa shape index (κ1) is 16.7. The molecule has 0 amide bonds. The van der Waals surface area contributed by atoms with Crippen molar-refractivity contribution in [2.75, 3.05) is 12.3 Å². The van der Waals surface area contributed by atoms with Crippen LogP contribution in [0.25, 0.3) is 0 Å². The van der Waals surface area contributed by atoms with Gasteiger partial charge in [-0.05, 0) is 53.9 Å². The second-order valence-corrected chi connectivity index (χ2v) is 7.49. The molecule has 0 bridgehead atoms. The number of benzene rings is 1. The SMILES string of the molecule is CCNC(CC)CCCS(=O)(=O)c1ccccc1Br. The van der Waals surface area contributed by atoms with Gasteiger partial charge in [0.05, 0.1) is 10.6 Å². The summed E-state index contributed by atoms with van der Waals surface area (Å²) in [5.41, 5.74) is 0. The Labute approximate surface area is 124 Å². The maximum atomic E-state index is 12.2. The van der Waals surface area contributed by atoms with Crippen LogP contribution >= 0.6 is 15.9 Å². The molecule has 1 unspecified atom stereocenters. The van der Waals surface area contributed by atoms with Crippen molar-refractivity contribution in [1.29, 1.82) is 0 Å². The average molecular weight is 348 g/mol. The van der Waals surface area contributed by atoms with Crippen LogP contribution in [0.2, 0.25) is 0 Å². The van der Waals surface area contributed by atoms with Gasteiger partial charge < -0.3 is 5.32 Å². The number of sulfone groups is 1. The maximum absolute atomic E-state index is 12.2. The van der Waals surface area contributed by atoms with Gasteiger partial charge in [-0.1, -0.05) is 26.0 Å². The molecule has 19 heavy (non-hydrogen) atoms. The van der Waals surface area contributed by atoms with E-state index < -0.39 is 9.84 Å². The molecule has 0 aliphatic carbocycles. The van der Waals surface area contributed by atoms with Crippen LogP contribution in [0.3, 0.4) is 0 Å². The predicted octanol–water partition coefficient (Wildman–Crippen LogP) is 3.39. The first-order chi connectivity index (χ1) is 9.01. The summed E-state index contributed by atoms with van der Waals surface area (Å²) in [6, 6.07) is 7.41. The monoisotopic (exact) mass is 347 g/mol. The summed E-state index contributed by atoms with van der Waals surface area (Å²) in [6.07, 6.45) is 2.62. The lowest BCUT2D eigenvalue weighted by Crippen LogP contribution is -2.28. The highest BCUT2D eigenvalue weighted by Gasteiger charge is 2.17. The van der Waals surface area contributed by atoms with Crippen LogP contribution in [0.4, 0.5) is 0 Å². The zero-order chi connectivity index (χ0) is 14.3. The Kier molecular flexibility index (Phi) is 7.04. The van der Waals surface area contributed by atoms with Gasteiger partial charge in [-0.15, -0.1) is 0 Å². The molecule has 0 saturated carbocycles. The predicted molar refractivity (Wildman–Crippen MR) is 83.2 cm³/mol. The molecule has 3 nitrogen and oxygen atoms in total. The Bertz CT molecular complexity index is 488. The molecule has 5 heteroatoms. The fourth-order valence-electron chi connectivity index (χ4n) is 2.07. The molecule has 0 spiro atoms. The molecule has 0 saturated heterocycles. The van der Waals surface area contributed by atoms with Crippen molar-refractivity contribution >= 4 is 25.8 Å². The fraction of sp³-hybridized carbons (Fsp3) is 0.571. The summed E-state index contributed by atoms with van der Waals surface area (Å²) in [7, 11) is -3.18. The standard InChI is InChI=1S/C14H22BrNO2S/c1-3-12(16-4-2)8-7-11-19(17,18)14-10-6-5-9-13(14)15/h5-6,9-10,12,16H,3-4,7-8,11H2,1-2H3. The van der Waals surface area contributed by atoms with Crippen molar-refractivity contribution in [3.63, 3.8) is 0 Å². The second-order valence-electron chi connectivity index (χ2n) is 4.55. The fourth-order valence-corrected chi connectivity index (χ4v) is 4.51. The van der Waals surface area contributed by atoms with E-state index in [1.54, 1.807) is 18.2 Å². The number of halogens is 1. The van der Waals surface area contributed by atoms with Crippen LogP contribution in [0, 0.1) is 0 Å². The van der Waals surface area contributed by atoms with Crippen molar-refractivity contribution in [3.8, 4) is 0 Å². The van der Waals surface area contributed by atoms with Gasteiger partial charge in [0.1, 0.15) is 0 Å². The number of rotatable bonds is 8. The van der Waals surface area contributed by atoms with Crippen molar-refractivity contribution in [3.05, 3.63) is 28.7 Å². The van der Waals surface area contributed by atoms with Crippen molar-refractivity contribution < 1.29 is 8.42 Å². The van der Waals surface area contributed by atoms with Gasteiger partial charge >= 0.3 is 0 Å². The van der Waals surface area contributed by atoms with Crippen LogP contribution < -0.4 is 5.32 Å². The van der Waals surface area contributed by atoms with Crippen LogP contribution in [-0.4, -0.2) is 26.8 Å². The lowest BCUT2D eigenvalue weighted by Gasteiger charge is -2.15. The Hall–Kier alpha value is -0.390. The summed E-state index contributed by atoms with van der Waals surface area (Å²) in [5, 5.41) is 3.37. The number of hydrogen-bond donors (Lipinski definition) is 1. The molecule has 1 aromatic rings. The summed E-state index contributed by atoms with van der Waals surface area (Å²) in [5.74, 6) is 0.206. The first-order valence-electron chi connectivity index (χ1n) is 6.72. The summed E-state index contributed by atoms with van der Waals surface area (Å²) in [4.78, 5) is 0.395. The molecule has 0 radical (unpaired) electrons. The van der Waals surface area contributed by atoms with E-state index in [0.29, 0.717) is 21.8 Å². The van der Waals surface area contributed by atoms with E-state index in [1.165, 1.54) is 0 Å². The van der Waals surface area contributed by atoms with Crippen molar-refractivity contribution in [2.45, 2.75) is 44.0 Å². The molecule has 0 aromatic heterocycles. The third-order valence-electron chi connectivity index (χ3n) is 3.12. The van der Waals surface area contributed by atoms with Crippen molar-refractivity contribution in [1.82, 2.24) is 5.32 Å². The highest BCUT2D eigenvalue weighted by atomic mass is 79.9. The Balaban J connectivity index is 2.59. The molecule has 0 heterocycles. The number of hydrogen-bond acceptors (Lipinski definition) is 3. The molecule has 1 rings (SSSR count). The third-order valence-corrected chi connectivity index (χ3v) is 5.93. The minimum atomic E-state index is -3.18. The molecule has 108 valence electrons. The summed E-state index contributed by atoms with van der Waals surface area (Å²) < 4.78 is 25.1. The zero-order valence-electron chi connectivity index (χ0n) is 11.5. The minimum absolute atomic E-state index is 0.206. The van der Waals surface area contributed by atoms with Gasteiger partial charge in [0.25, 0.3) is 0 Å². The van der Waals surface area contributed by atoms with Crippen LogP contribution in [-0.2, 0) is 9.84 Å². The van der Waals surface area contributed by atoms with Crippen molar-refractivity contribution in [2.24, 2.45) is 0 Å². The molecule has 0 fully saturated rings. The molecule has 0 aliphatic rings. The molecule has 1 N–H and O–H groups in total. The maximum Gasteiger partial charge on any atom is 0.179 e. The summed E-state index contributed by atoms with van der Waals surface area (Å²) in [6.45, 7) is 5.12. The van der Waals surface area contributed by atoms with Gasteiger partial charge in [0, 0.05) is 10.5 Å². The highest BCUT2D eigenvalue weighted by molar-refractivity contribution is 9.10. The molecule has 1 atom stereocenters. The average Bonchev–Trinajstić information content (AvgIpc) is 2.38. The Morgan fingerprint density at radius 2 is 1.95 bits per heavy atom. The van der Waals surface area contributed by atoms with Crippen LogP contribution in [0.1, 0.15) is 33.1 Å². The van der Waals surface area contributed by atoms with E-state index in [4.69, 9.17) is 0 Å². The van der Waals surface area contributed by atoms with E-state index in [2.05, 4.69) is 35.1 Å². The lowest BCUT2D eigenvalue weighted by atomic mass is 10.1. The van der Waals surface area contributed by atoms with E-state index in [9.17, 15) is 8.42 Å². The van der Waals surface area contributed by atoms with Crippen LogP contribution in [0.15, 0.2) is 33.6 Å². The first-order valence-corrected chi connectivity index (χ1v) is 9.16. The molecule has 1 aromatic carbocycles. The van der Waals surface area contributed by atoms with Gasteiger partial charge in [0.2, 0.25) is 0 Å². The largest absolute Gasteiger partial charge is 0.314 e. The molecular weight excluding hydrogens is 326 g/mol. The topological polar surface area (TPSA) is 46.2 Å². The van der Waals surface area contributed by atoms with E-state index in [0.717, 1.165) is 19.4 Å². The lowest BCUT2D eigenvalue weighted by molar-refractivity contribution is 0.475. The quantitative estimate of drug-likeness (QED) is 0.783. The summed E-state index contributed by atoms with van der Waals surface area (Å²) >= 11 is 3.30. The number of nitrogens with one attached hydrogen (secondary N) is 1.